The Bertz CT molecular complexity index is 550. The molecule has 0 saturated carbocycles. The molecule has 0 radical (unpaired) electrons. The third-order valence-electron chi connectivity index (χ3n) is 3.31. The van der Waals surface area contributed by atoms with Crippen LogP contribution < -0.4 is 5.32 Å². The average Bonchev–Trinajstić information content (AvgIpc) is 2.50. The number of unbranched alkanes of at least 4 members (excludes halogenated alkanes) is 1. The summed E-state index contributed by atoms with van der Waals surface area (Å²) < 4.78 is 0.947. The molecule has 0 bridgehead atoms. The smallest absolute Gasteiger partial charge is 0.333 e. The second-order valence-corrected chi connectivity index (χ2v) is 5.99. The first-order chi connectivity index (χ1) is 10.5. The predicted octanol–water partition coefficient (Wildman–Crippen LogP) is 4.05. The third-order valence-corrected chi connectivity index (χ3v) is 3.84. The van der Waals surface area contributed by atoms with Crippen LogP contribution in [0.3, 0.4) is 0 Å². The number of hydrogen-bond donors (Lipinski definition) is 2. The van der Waals surface area contributed by atoms with E-state index in [1.165, 1.54) is 0 Å². The van der Waals surface area contributed by atoms with Crippen molar-refractivity contribution in [3.05, 3.63) is 45.6 Å². The SMILES string of the molecule is CCCCC(NC(=O)CC)=C(Cc1ccc(Br)cc1)C(=O)O. The zero-order valence-corrected chi connectivity index (χ0v) is 14.6. The van der Waals surface area contributed by atoms with Crippen molar-refractivity contribution in [2.75, 3.05) is 0 Å². The largest absolute Gasteiger partial charge is 0.478 e. The van der Waals surface area contributed by atoms with Crippen LogP contribution in [0.1, 0.15) is 45.1 Å². The molecule has 0 fully saturated rings. The predicted molar refractivity (Wildman–Crippen MR) is 90.5 cm³/mol. The fourth-order valence-electron chi connectivity index (χ4n) is 2.02. The summed E-state index contributed by atoms with van der Waals surface area (Å²) in [6.07, 6.45) is 2.99. The highest BCUT2D eigenvalue weighted by atomic mass is 79.9. The molecule has 0 unspecified atom stereocenters. The lowest BCUT2D eigenvalue weighted by molar-refractivity contribution is -0.132. The second kappa shape index (κ2) is 9.41. The van der Waals surface area contributed by atoms with Gasteiger partial charge >= 0.3 is 5.97 Å². The second-order valence-electron chi connectivity index (χ2n) is 5.07. The van der Waals surface area contributed by atoms with E-state index in [4.69, 9.17) is 0 Å². The molecule has 1 rings (SSSR count). The van der Waals surface area contributed by atoms with Crippen LogP contribution in [-0.4, -0.2) is 17.0 Å². The van der Waals surface area contributed by atoms with Crippen LogP contribution >= 0.6 is 15.9 Å². The highest BCUT2D eigenvalue weighted by molar-refractivity contribution is 9.10. The lowest BCUT2D eigenvalue weighted by Crippen LogP contribution is -2.25. The maximum atomic E-state index is 11.7. The van der Waals surface area contributed by atoms with Crippen molar-refractivity contribution >= 4 is 27.8 Å². The van der Waals surface area contributed by atoms with Crippen molar-refractivity contribution in [2.24, 2.45) is 0 Å². The van der Waals surface area contributed by atoms with Gasteiger partial charge in [-0.1, -0.05) is 48.3 Å². The van der Waals surface area contributed by atoms with Crippen molar-refractivity contribution < 1.29 is 14.7 Å². The molecule has 0 atom stereocenters. The molecule has 4 nitrogen and oxygen atoms in total. The minimum Gasteiger partial charge on any atom is -0.478 e. The average molecular weight is 368 g/mol. The third kappa shape index (κ3) is 6.02. The van der Waals surface area contributed by atoms with Gasteiger partial charge in [-0.05, 0) is 30.5 Å². The molecule has 0 heterocycles. The number of amides is 1. The Balaban J connectivity index is 3.09. The molecule has 0 spiro atoms. The van der Waals surface area contributed by atoms with Crippen LogP contribution in [0.25, 0.3) is 0 Å². The molecule has 1 amide bonds. The number of hydrogen-bond acceptors (Lipinski definition) is 2. The van der Waals surface area contributed by atoms with Crippen molar-refractivity contribution in [1.82, 2.24) is 5.32 Å². The minimum absolute atomic E-state index is 0.152. The zero-order chi connectivity index (χ0) is 16.5. The summed E-state index contributed by atoms with van der Waals surface area (Å²) in [4.78, 5) is 23.3. The molecule has 1 aromatic rings. The number of carboxylic acids is 1. The van der Waals surface area contributed by atoms with Gasteiger partial charge in [0.25, 0.3) is 0 Å². The van der Waals surface area contributed by atoms with Gasteiger partial charge in [-0.25, -0.2) is 4.79 Å². The van der Waals surface area contributed by atoms with Gasteiger partial charge in [0.1, 0.15) is 0 Å². The standard InChI is InChI=1S/C17H22BrNO3/c1-3-5-6-15(19-16(20)4-2)14(17(21)22)11-12-7-9-13(18)10-8-12/h7-10H,3-6,11H2,1-2H3,(H,19,20)(H,21,22). The van der Waals surface area contributed by atoms with E-state index in [-0.39, 0.29) is 11.5 Å². The van der Waals surface area contributed by atoms with Crippen molar-refractivity contribution in [1.29, 1.82) is 0 Å². The number of allylic oxidation sites excluding steroid dienone is 1. The summed E-state index contributed by atoms with van der Waals surface area (Å²) in [6, 6.07) is 7.52. The van der Waals surface area contributed by atoms with Crippen LogP contribution in [0.4, 0.5) is 0 Å². The van der Waals surface area contributed by atoms with E-state index in [0.29, 0.717) is 25.0 Å². The van der Waals surface area contributed by atoms with Crippen LogP contribution in [-0.2, 0) is 16.0 Å². The number of carbonyl (C=O) groups is 2. The maximum absolute atomic E-state index is 11.7. The Morgan fingerprint density at radius 3 is 2.32 bits per heavy atom. The molecule has 5 heteroatoms. The molecule has 120 valence electrons. The number of benzene rings is 1. The first kappa shape index (κ1) is 18.4. The van der Waals surface area contributed by atoms with Crippen LogP contribution in [0.15, 0.2) is 40.0 Å². The Morgan fingerprint density at radius 1 is 1.18 bits per heavy atom. The number of nitrogens with one attached hydrogen (secondary N) is 1. The van der Waals surface area contributed by atoms with Crippen LogP contribution in [0, 0.1) is 0 Å². The lowest BCUT2D eigenvalue weighted by atomic mass is 10.0. The quantitative estimate of drug-likeness (QED) is 0.681. The van der Waals surface area contributed by atoms with Gasteiger partial charge in [0.15, 0.2) is 0 Å². The Labute approximate surface area is 139 Å². The molecule has 0 aliphatic rings. The number of carboxylic acid groups (broad SMARTS) is 1. The lowest BCUT2D eigenvalue weighted by Gasteiger charge is -2.14. The molecule has 1 aromatic carbocycles. The molecular formula is C17H22BrNO3. The Kier molecular flexibility index (Phi) is 7.88. The summed E-state index contributed by atoms with van der Waals surface area (Å²) in [5.41, 5.74) is 1.70. The molecule has 0 aliphatic heterocycles. The summed E-state index contributed by atoms with van der Waals surface area (Å²) >= 11 is 3.36. The summed E-state index contributed by atoms with van der Waals surface area (Å²) in [5, 5.41) is 12.3. The van der Waals surface area contributed by atoms with E-state index in [9.17, 15) is 14.7 Å². The van der Waals surface area contributed by atoms with E-state index >= 15 is 0 Å². The monoisotopic (exact) mass is 367 g/mol. The Hall–Kier alpha value is -1.62. The van der Waals surface area contributed by atoms with E-state index in [1.54, 1.807) is 6.92 Å². The highest BCUT2D eigenvalue weighted by Crippen LogP contribution is 2.18. The maximum Gasteiger partial charge on any atom is 0.333 e. The van der Waals surface area contributed by atoms with Crippen LogP contribution in [0.2, 0.25) is 0 Å². The van der Waals surface area contributed by atoms with E-state index < -0.39 is 5.97 Å². The van der Waals surface area contributed by atoms with E-state index in [1.807, 2.05) is 31.2 Å². The topological polar surface area (TPSA) is 66.4 Å². The van der Waals surface area contributed by atoms with E-state index in [0.717, 1.165) is 22.9 Å². The summed E-state index contributed by atoms with van der Waals surface area (Å²) in [5.74, 6) is -1.13. The molecule has 0 aliphatic carbocycles. The highest BCUT2D eigenvalue weighted by Gasteiger charge is 2.16. The first-order valence-corrected chi connectivity index (χ1v) is 8.26. The van der Waals surface area contributed by atoms with Gasteiger partial charge in [-0.3, -0.25) is 4.79 Å². The van der Waals surface area contributed by atoms with Gasteiger partial charge in [0.05, 0.1) is 5.57 Å². The van der Waals surface area contributed by atoms with Crippen molar-refractivity contribution in [3.63, 3.8) is 0 Å². The molecule has 2 N–H and O–H groups in total. The number of carbonyl (C=O) groups excluding carboxylic acids is 1. The number of halogens is 1. The van der Waals surface area contributed by atoms with Gasteiger partial charge in [-0.2, -0.15) is 0 Å². The molecule has 22 heavy (non-hydrogen) atoms. The van der Waals surface area contributed by atoms with Gasteiger partial charge in [0, 0.05) is 23.0 Å². The number of rotatable bonds is 8. The fraction of sp³-hybridized carbons (Fsp3) is 0.412. The summed E-state index contributed by atoms with van der Waals surface area (Å²) in [6.45, 7) is 3.79. The van der Waals surface area contributed by atoms with E-state index in [2.05, 4.69) is 21.2 Å². The minimum atomic E-state index is -0.981. The van der Waals surface area contributed by atoms with Gasteiger partial charge in [-0.15, -0.1) is 0 Å². The summed E-state index contributed by atoms with van der Waals surface area (Å²) in [7, 11) is 0. The van der Waals surface area contributed by atoms with Crippen molar-refractivity contribution in [2.45, 2.75) is 46.0 Å². The first-order valence-electron chi connectivity index (χ1n) is 7.47. The Morgan fingerprint density at radius 2 is 1.82 bits per heavy atom. The van der Waals surface area contributed by atoms with Gasteiger partial charge in [0.2, 0.25) is 5.91 Å². The van der Waals surface area contributed by atoms with Crippen molar-refractivity contribution in [3.8, 4) is 0 Å². The molecule has 0 saturated heterocycles. The van der Waals surface area contributed by atoms with Crippen LogP contribution in [0.5, 0.6) is 0 Å². The fourth-order valence-corrected chi connectivity index (χ4v) is 2.28. The molecule has 0 aromatic heterocycles. The normalized spacial score (nSPS) is 11.8. The zero-order valence-electron chi connectivity index (χ0n) is 13.0. The number of aliphatic carboxylic acids is 1. The molecular weight excluding hydrogens is 346 g/mol. The van der Waals surface area contributed by atoms with Gasteiger partial charge < -0.3 is 10.4 Å².